The second-order valence-electron chi connectivity index (χ2n) is 6.89. The predicted molar refractivity (Wildman–Crippen MR) is 99.3 cm³/mol. The van der Waals surface area contributed by atoms with Crippen LogP contribution in [0.5, 0.6) is 0 Å². The number of amides is 1. The number of likely N-dealkylation sites (tertiary alicyclic amines) is 1. The number of esters is 1. The molecular formula is C20H35NO4. The molecule has 1 aliphatic rings. The molecule has 0 saturated carbocycles. The Morgan fingerprint density at radius 2 is 2.12 bits per heavy atom. The van der Waals surface area contributed by atoms with Gasteiger partial charge in [-0.3, -0.25) is 4.79 Å². The van der Waals surface area contributed by atoms with Gasteiger partial charge in [0.15, 0.2) is 0 Å². The van der Waals surface area contributed by atoms with Gasteiger partial charge in [-0.25, -0.2) is 4.79 Å². The quantitative estimate of drug-likeness (QED) is 0.288. The number of carbonyl (C=O) groups is 2. The first kappa shape index (κ1) is 21.7. The van der Waals surface area contributed by atoms with Crippen molar-refractivity contribution in [2.45, 2.75) is 71.3 Å². The summed E-state index contributed by atoms with van der Waals surface area (Å²) in [4.78, 5) is 25.0. The molecule has 1 rings (SSSR count). The Morgan fingerprint density at radius 3 is 2.84 bits per heavy atom. The summed E-state index contributed by atoms with van der Waals surface area (Å²) in [6, 6.07) is 0.247. The topological polar surface area (TPSA) is 55.8 Å². The summed E-state index contributed by atoms with van der Waals surface area (Å²) < 4.78 is 9.76. The van der Waals surface area contributed by atoms with Crippen molar-refractivity contribution >= 4 is 11.9 Å². The zero-order valence-corrected chi connectivity index (χ0v) is 16.2. The predicted octanol–water partition coefficient (Wildman–Crippen LogP) is 3.72. The van der Waals surface area contributed by atoms with Crippen LogP contribution in [-0.2, 0) is 19.1 Å². The number of allylic oxidation sites excluding steroid dienone is 1. The van der Waals surface area contributed by atoms with Crippen LogP contribution in [0.25, 0.3) is 0 Å². The summed E-state index contributed by atoms with van der Waals surface area (Å²) in [5.41, 5.74) is 0. The third kappa shape index (κ3) is 9.05. The lowest BCUT2D eigenvalue weighted by Crippen LogP contribution is -2.32. The number of ether oxygens (including phenoxy) is 2. The third-order valence-corrected chi connectivity index (χ3v) is 4.68. The van der Waals surface area contributed by atoms with Crippen molar-refractivity contribution in [2.24, 2.45) is 5.92 Å². The average molecular weight is 354 g/mol. The Labute approximate surface area is 152 Å². The van der Waals surface area contributed by atoms with E-state index in [0.717, 1.165) is 25.8 Å². The standard InChI is InChI=1S/C20H35NO4/c1-4-5-6-9-17(2)10-11-18-12-13-19(22)21(18)14-7-8-15-25-16-20(23)24-3/h10-11,17-18H,4-9,12-16H2,1-3H3/b11-10+/t17-,18-/m0/s1. The molecule has 1 aliphatic heterocycles. The van der Waals surface area contributed by atoms with Crippen LogP contribution in [0.15, 0.2) is 12.2 Å². The third-order valence-electron chi connectivity index (χ3n) is 4.68. The highest BCUT2D eigenvalue weighted by molar-refractivity contribution is 5.79. The molecule has 2 atom stereocenters. The molecule has 1 saturated heterocycles. The lowest BCUT2D eigenvalue weighted by Gasteiger charge is -2.22. The maximum atomic E-state index is 12.1. The molecule has 1 amide bonds. The number of hydrogen-bond acceptors (Lipinski definition) is 4. The monoisotopic (exact) mass is 353 g/mol. The highest BCUT2D eigenvalue weighted by Gasteiger charge is 2.28. The van der Waals surface area contributed by atoms with E-state index in [0.29, 0.717) is 18.9 Å². The van der Waals surface area contributed by atoms with Gasteiger partial charge in [0.05, 0.1) is 13.2 Å². The van der Waals surface area contributed by atoms with E-state index in [-0.39, 0.29) is 24.5 Å². The van der Waals surface area contributed by atoms with E-state index in [1.165, 1.54) is 32.8 Å². The molecule has 1 heterocycles. The molecular weight excluding hydrogens is 318 g/mol. The average Bonchev–Trinajstić information content (AvgIpc) is 2.96. The fourth-order valence-corrected chi connectivity index (χ4v) is 3.08. The first-order chi connectivity index (χ1) is 12.1. The van der Waals surface area contributed by atoms with Crippen LogP contribution in [-0.4, -0.2) is 49.7 Å². The molecule has 144 valence electrons. The van der Waals surface area contributed by atoms with Crippen LogP contribution in [0.4, 0.5) is 0 Å². The van der Waals surface area contributed by atoms with Crippen LogP contribution in [0, 0.1) is 5.92 Å². The number of hydrogen-bond donors (Lipinski definition) is 0. The molecule has 0 aliphatic carbocycles. The molecule has 0 unspecified atom stereocenters. The molecule has 0 aromatic rings. The Kier molecular flexibility index (Phi) is 11.2. The van der Waals surface area contributed by atoms with Crippen LogP contribution >= 0.6 is 0 Å². The number of unbranched alkanes of at least 4 members (excludes halogenated alkanes) is 3. The van der Waals surface area contributed by atoms with Gasteiger partial charge in [-0.2, -0.15) is 0 Å². The molecule has 5 nitrogen and oxygen atoms in total. The normalized spacial score (nSPS) is 18.9. The maximum Gasteiger partial charge on any atom is 0.331 e. The van der Waals surface area contributed by atoms with Gasteiger partial charge < -0.3 is 14.4 Å². The van der Waals surface area contributed by atoms with Gasteiger partial charge in [0.1, 0.15) is 6.61 Å². The SMILES string of the molecule is CCCCC[C@H](C)/C=C/[C@H]1CCC(=O)N1CCCCOCC(=O)OC. The number of nitrogens with zero attached hydrogens (tertiary/aromatic N) is 1. The van der Waals surface area contributed by atoms with Crippen molar-refractivity contribution in [1.82, 2.24) is 4.90 Å². The molecule has 0 aromatic carbocycles. The molecule has 25 heavy (non-hydrogen) atoms. The molecule has 0 spiro atoms. The number of carbonyl (C=O) groups excluding carboxylic acids is 2. The maximum absolute atomic E-state index is 12.1. The van der Waals surface area contributed by atoms with Crippen molar-refractivity contribution in [3.8, 4) is 0 Å². The summed E-state index contributed by atoms with van der Waals surface area (Å²) in [6.07, 6.45) is 12.9. The lowest BCUT2D eigenvalue weighted by atomic mass is 10.0. The summed E-state index contributed by atoms with van der Waals surface area (Å²) in [5, 5.41) is 0. The van der Waals surface area contributed by atoms with Crippen molar-refractivity contribution in [1.29, 1.82) is 0 Å². The highest BCUT2D eigenvalue weighted by atomic mass is 16.6. The van der Waals surface area contributed by atoms with Crippen LogP contribution in [0.3, 0.4) is 0 Å². The van der Waals surface area contributed by atoms with Crippen LogP contribution < -0.4 is 0 Å². The summed E-state index contributed by atoms with van der Waals surface area (Å²) in [7, 11) is 1.35. The van der Waals surface area contributed by atoms with Crippen molar-refractivity contribution in [3.05, 3.63) is 12.2 Å². The Bertz CT molecular complexity index is 422. The lowest BCUT2D eigenvalue weighted by molar-refractivity contribution is -0.145. The first-order valence-corrected chi connectivity index (χ1v) is 9.70. The van der Waals surface area contributed by atoms with Gasteiger partial charge in [0.2, 0.25) is 5.91 Å². The van der Waals surface area contributed by atoms with Gasteiger partial charge in [0, 0.05) is 19.6 Å². The van der Waals surface area contributed by atoms with Crippen molar-refractivity contribution in [3.63, 3.8) is 0 Å². The van der Waals surface area contributed by atoms with E-state index in [1.807, 2.05) is 4.90 Å². The van der Waals surface area contributed by atoms with Gasteiger partial charge >= 0.3 is 5.97 Å². The molecule has 0 bridgehead atoms. The van der Waals surface area contributed by atoms with Crippen molar-refractivity contribution < 1.29 is 19.1 Å². The van der Waals surface area contributed by atoms with E-state index in [4.69, 9.17) is 4.74 Å². The van der Waals surface area contributed by atoms with E-state index in [9.17, 15) is 9.59 Å². The highest BCUT2D eigenvalue weighted by Crippen LogP contribution is 2.21. The second kappa shape index (κ2) is 12.9. The van der Waals surface area contributed by atoms with E-state index in [2.05, 4.69) is 30.7 Å². The number of rotatable bonds is 13. The van der Waals surface area contributed by atoms with Crippen molar-refractivity contribution in [2.75, 3.05) is 26.9 Å². The number of methoxy groups -OCH3 is 1. The second-order valence-corrected chi connectivity index (χ2v) is 6.89. The minimum atomic E-state index is -0.354. The fraction of sp³-hybridized carbons (Fsp3) is 0.800. The fourth-order valence-electron chi connectivity index (χ4n) is 3.08. The summed E-state index contributed by atoms with van der Waals surface area (Å²) in [6.45, 7) is 5.76. The Balaban J connectivity index is 2.26. The molecule has 0 N–H and O–H groups in total. The van der Waals surface area contributed by atoms with E-state index in [1.54, 1.807) is 0 Å². The zero-order chi connectivity index (χ0) is 18.5. The molecule has 0 radical (unpaired) electrons. The van der Waals surface area contributed by atoms with Crippen LogP contribution in [0.2, 0.25) is 0 Å². The first-order valence-electron chi connectivity index (χ1n) is 9.70. The minimum Gasteiger partial charge on any atom is -0.467 e. The van der Waals surface area contributed by atoms with Crippen LogP contribution in [0.1, 0.15) is 65.2 Å². The smallest absolute Gasteiger partial charge is 0.331 e. The summed E-state index contributed by atoms with van der Waals surface area (Å²) in [5.74, 6) is 0.479. The van der Waals surface area contributed by atoms with E-state index >= 15 is 0 Å². The Morgan fingerprint density at radius 1 is 1.32 bits per heavy atom. The van der Waals surface area contributed by atoms with Gasteiger partial charge in [-0.1, -0.05) is 45.3 Å². The van der Waals surface area contributed by atoms with Gasteiger partial charge in [-0.05, 0) is 31.6 Å². The zero-order valence-electron chi connectivity index (χ0n) is 16.2. The molecule has 0 aromatic heterocycles. The minimum absolute atomic E-state index is 0.000424. The Hall–Kier alpha value is -1.36. The van der Waals surface area contributed by atoms with Gasteiger partial charge in [-0.15, -0.1) is 0 Å². The molecule has 5 heteroatoms. The summed E-state index contributed by atoms with van der Waals surface area (Å²) >= 11 is 0. The van der Waals surface area contributed by atoms with Gasteiger partial charge in [0.25, 0.3) is 0 Å². The largest absolute Gasteiger partial charge is 0.467 e. The van der Waals surface area contributed by atoms with E-state index < -0.39 is 0 Å². The molecule has 1 fully saturated rings.